The summed E-state index contributed by atoms with van der Waals surface area (Å²) in [6.07, 6.45) is 3.71. The van der Waals surface area contributed by atoms with Crippen molar-refractivity contribution < 1.29 is 23.0 Å². The minimum absolute atomic E-state index is 0.0347. The number of nitrogens with zero attached hydrogens (tertiary/aromatic N) is 2. The lowest BCUT2D eigenvalue weighted by Crippen LogP contribution is -2.33. The minimum Gasteiger partial charge on any atom is -0.497 e. The highest BCUT2D eigenvalue weighted by Crippen LogP contribution is 2.33. The van der Waals surface area contributed by atoms with Crippen LogP contribution < -0.4 is 9.47 Å². The summed E-state index contributed by atoms with van der Waals surface area (Å²) in [5.74, 6) is 1.33. The molecule has 2 heterocycles. The SMILES string of the molecule is COc1ccc(CC(C)(C)n2cccc2C(Oc2ccc(-c3[nH]cc(S(C)(=O)=O)c3C#N)cc2)C(C)O)cc1. The summed E-state index contributed by atoms with van der Waals surface area (Å²) in [6.45, 7) is 5.97. The molecule has 0 bridgehead atoms. The zero-order valence-electron chi connectivity index (χ0n) is 22.7. The topological polar surface area (TPSA) is 117 Å². The number of H-pyrrole nitrogens is 1. The van der Waals surface area contributed by atoms with Crippen molar-refractivity contribution in [1.82, 2.24) is 9.55 Å². The zero-order chi connectivity index (χ0) is 28.4. The molecule has 2 atom stereocenters. The van der Waals surface area contributed by atoms with Crippen LogP contribution in [-0.2, 0) is 21.8 Å². The number of benzene rings is 2. The molecular weight excluding hydrogens is 514 g/mol. The van der Waals surface area contributed by atoms with E-state index in [0.29, 0.717) is 17.0 Å². The van der Waals surface area contributed by atoms with Crippen molar-refractivity contribution >= 4 is 9.84 Å². The number of nitriles is 1. The van der Waals surface area contributed by atoms with E-state index in [9.17, 15) is 18.8 Å². The molecule has 39 heavy (non-hydrogen) atoms. The summed E-state index contributed by atoms with van der Waals surface area (Å²) in [5.41, 5.74) is 2.82. The van der Waals surface area contributed by atoms with Crippen LogP contribution in [-0.4, -0.2) is 42.5 Å². The van der Waals surface area contributed by atoms with Crippen molar-refractivity contribution in [2.45, 2.75) is 49.8 Å². The van der Waals surface area contributed by atoms with Crippen LogP contribution >= 0.6 is 0 Å². The Hall–Kier alpha value is -4.00. The Morgan fingerprint density at radius 1 is 1.08 bits per heavy atom. The first-order valence-electron chi connectivity index (χ1n) is 12.5. The van der Waals surface area contributed by atoms with Gasteiger partial charge in [-0.15, -0.1) is 0 Å². The van der Waals surface area contributed by atoms with Gasteiger partial charge in [0, 0.05) is 24.2 Å². The van der Waals surface area contributed by atoms with Crippen LogP contribution in [0.4, 0.5) is 0 Å². The Bertz CT molecular complexity index is 1570. The standard InChI is InChI=1S/C30H33N3O5S/c1-20(34)29(26-7-6-16-33(26)30(2,3)17-21-8-12-23(37-4)13-9-21)38-24-14-10-22(11-15-24)28-25(18-31)27(19-32-28)39(5,35)36/h6-16,19-20,29,32,34H,17H2,1-5H3. The van der Waals surface area contributed by atoms with E-state index < -0.39 is 22.0 Å². The molecule has 4 rings (SSSR count). The third-order valence-corrected chi connectivity index (χ3v) is 7.84. The van der Waals surface area contributed by atoms with Gasteiger partial charge in [-0.3, -0.25) is 0 Å². The van der Waals surface area contributed by atoms with Gasteiger partial charge in [0.25, 0.3) is 0 Å². The Morgan fingerprint density at radius 3 is 2.28 bits per heavy atom. The second-order valence-corrected chi connectivity index (χ2v) is 12.2. The zero-order valence-corrected chi connectivity index (χ0v) is 23.5. The van der Waals surface area contributed by atoms with Crippen LogP contribution in [0.3, 0.4) is 0 Å². The number of hydrogen-bond donors (Lipinski definition) is 2. The fourth-order valence-electron chi connectivity index (χ4n) is 4.79. The van der Waals surface area contributed by atoms with E-state index in [-0.39, 0.29) is 16.0 Å². The van der Waals surface area contributed by atoms with Crippen LogP contribution in [0.1, 0.15) is 43.7 Å². The lowest BCUT2D eigenvalue weighted by Gasteiger charge is -2.33. The van der Waals surface area contributed by atoms with E-state index in [1.807, 2.05) is 36.5 Å². The number of aromatic amines is 1. The van der Waals surface area contributed by atoms with Gasteiger partial charge in [0.15, 0.2) is 15.9 Å². The molecule has 0 fully saturated rings. The highest BCUT2D eigenvalue weighted by molar-refractivity contribution is 7.90. The van der Waals surface area contributed by atoms with Crippen LogP contribution in [0.5, 0.6) is 11.5 Å². The molecule has 0 aliphatic carbocycles. The van der Waals surface area contributed by atoms with Gasteiger partial charge in [-0.25, -0.2) is 8.42 Å². The minimum atomic E-state index is -3.55. The fraction of sp³-hybridized carbons (Fsp3) is 0.300. The second kappa shape index (κ2) is 11.0. The maximum Gasteiger partial charge on any atom is 0.178 e. The van der Waals surface area contributed by atoms with Gasteiger partial charge in [-0.2, -0.15) is 5.26 Å². The smallest absolute Gasteiger partial charge is 0.178 e. The number of methoxy groups -OCH3 is 1. The normalized spacial score (nSPS) is 13.5. The first-order valence-corrected chi connectivity index (χ1v) is 14.4. The maximum atomic E-state index is 12.0. The largest absolute Gasteiger partial charge is 0.497 e. The molecule has 0 amide bonds. The van der Waals surface area contributed by atoms with E-state index in [0.717, 1.165) is 29.7 Å². The summed E-state index contributed by atoms with van der Waals surface area (Å²) in [5, 5.41) is 20.3. The maximum absolute atomic E-state index is 12.0. The number of aromatic nitrogens is 2. The van der Waals surface area contributed by atoms with Crippen LogP contribution in [0.25, 0.3) is 11.3 Å². The van der Waals surface area contributed by atoms with E-state index >= 15 is 0 Å². The van der Waals surface area contributed by atoms with Gasteiger partial charge in [0.05, 0.1) is 30.2 Å². The number of hydrogen-bond acceptors (Lipinski definition) is 6. The fourth-order valence-corrected chi connectivity index (χ4v) is 5.59. The van der Waals surface area contributed by atoms with Gasteiger partial charge in [-0.05, 0) is 86.8 Å². The van der Waals surface area contributed by atoms with Gasteiger partial charge in [0.2, 0.25) is 0 Å². The Morgan fingerprint density at radius 2 is 1.72 bits per heavy atom. The van der Waals surface area contributed by atoms with Crippen LogP contribution in [0.15, 0.2) is 78.0 Å². The quantitative estimate of drug-likeness (QED) is 0.280. The van der Waals surface area contributed by atoms with E-state index in [4.69, 9.17) is 9.47 Å². The molecular formula is C30H33N3O5S. The predicted molar refractivity (Wildman–Crippen MR) is 150 cm³/mol. The van der Waals surface area contributed by atoms with Gasteiger partial charge in [0.1, 0.15) is 22.5 Å². The molecule has 0 saturated carbocycles. The van der Waals surface area contributed by atoms with Crippen molar-refractivity contribution in [3.8, 4) is 28.8 Å². The van der Waals surface area contributed by atoms with Crippen LogP contribution in [0, 0.1) is 11.3 Å². The summed E-state index contributed by atoms with van der Waals surface area (Å²) < 4.78 is 37.7. The molecule has 0 aliphatic rings. The first kappa shape index (κ1) is 28.0. The van der Waals surface area contributed by atoms with E-state index in [2.05, 4.69) is 35.5 Å². The molecule has 9 heteroatoms. The van der Waals surface area contributed by atoms with Gasteiger partial charge in [-0.1, -0.05) is 12.1 Å². The lowest BCUT2D eigenvalue weighted by molar-refractivity contribution is 0.0405. The summed E-state index contributed by atoms with van der Waals surface area (Å²) in [6, 6.07) is 20.9. The second-order valence-electron chi connectivity index (χ2n) is 10.2. The molecule has 2 aromatic heterocycles. The van der Waals surface area contributed by atoms with Crippen molar-refractivity contribution in [1.29, 1.82) is 5.26 Å². The average molecular weight is 548 g/mol. The summed E-state index contributed by atoms with van der Waals surface area (Å²) in [7, 11) is -1.90. The molecule has 2 unspecified atom stereocenters. The molecule has 8 nitrogen and oxygen atoms in total. The van der Waals surface area contributed by atoms with Gasteiger partial charge >= 0.3 is 0 Å². The Balaban J connectivity index is 1.58. The monoisotopic (exact) mass is 547 g/mol. The number of aliphatic hydroxyl groups is 1. The van der Waals surface area contributed by atoms with Crippen molar-refractivity contribution in [3.63, 3.8) is 0 Å². The predicted octanol–water partition coefficient (Wildman–Crippen LogP) is 5.25. The van der Waals surface area contributed by atoms with Crippen molar-refractivity contribution in [2.75, 3.05) is 13.4 Å². The Kier molecular flexibility index (Phi) is 7.91. The molecule has 0 saturated heterocycles. The number of aliphatic hydroxyl groups excluding tert-OH is 1. The highest BCUT2D eigenvalue weighted by Gasteiger charge is 2.29. The van der Waals surface area contributed by atoms with E-state index in [1.165, 1.54) is 6.20 Å². The lowest BCUT2D eigenvalue weighted by atomic mass is 9.93. The molecule has 204 valence electrons. The molecule has 0 spiro atoms. The van der Waals surface area contributed by atoms with Crippen molar-refractivity contribution in [2.24, 2.45) is 0 Å². The van der Waals surface area contributed by atoms with Gasteiger partial charge < -0.3 is 24.1 Å². The first-order chi connectivity index (χ1) is 18.4. The molecule has 2 N–H and O–H groups in total. The number of sulfone groups is 1. The van der Waals surface area contributed by atoms with Crippen LogP contribution in [0.2, 0.25) is 0 Å². The molecule has 0 radical (unpaired) electrons. The average Bonchev–Trinajstić information content (AvgIpc) is 3.55. The third kappa shape index (κ3) is 6.03. The van der Waals surface area contributed by atoms with Crippen molar-refractivity contribution in [3.05, 3.63) is 89.9 Å². The molecule has 4 aromatic rings. The molecule has 0 aliphatic heterocycles. The Labute approximate surface area is 229 Å². The number of ether oxygens (including phenoxy) is 2. The molecule has 2 aromatic carbocycles. The van der Waals surface area contributed by atoms with E-state index in [1.54, 1.807) is 38.3 Å². The third-order valence-electron chi connectivity index (χ3n) is 6.72. The summed E-state index contributed by atoms with van der Waals surface area (Å²) >= 11 is 0. The number of rotatable bonds is 10. The number of nitrogens with one attached hydrogen (secondary N) is 1. The highest BCUT2D eigenvalue weighted by atomic mass is 32.2. The summed E-state index contributed by atoms with van der Waals surface area (Å²) in [4.78, 5) is 2.87.